The van der Waals surface area contributed by atoms with Gasteiger partial charge < -0.3 is 4.74 Å². The molecule has 3 aromatic rings. The smallest absolute Gasteiger partial charge is 0.205 e. The highest BCUT2D eigenvalue weighted by atomic mass is 16.5. The third-order valence-electron chi connectivity index (χ3n) is 4.00. The molecule has 0 spiro atoms. The number of hydrogen-bond acceptors (Lipinski definition) is 4. The minimum absolute atomic E-state index is 0.526. The van der Waals surface area contributed by atoms with E-state index in [-0.39, 0.29) is 0 Å². The Bertz CT molecular complexity index is 862. The van der Waals surface area contributed by atoms with Gasteiger partial charge in [-0.2, -0.15) is 0 Å². The van der Waals surface area contributed by atoms with Gasteiger partial charge in [0.05, 0.1) is 18.9 Å². The van der Waals surface area contributed by atoms with Gasteiger partial charge in [-0.1, -0.05) is 50.5 Å². The second kappa shape index (κ2) is 8.77. The van der Waals surface area contributed by atoms with Crippen LogP contribution in [0.3, 0.4) is 0 Å². The molecule has 2 aromatic carbocycles. The highest BCUT2D eigenvalue weighted by molar-refractivity contribution is 5.59. The van der Waals surface area contributed by atoms with Crippen LogP contribution in [-0.4, -0.2) is 26.8 Å². The summed E-state index contributed by atoms with van der Waals surface area (Å²) in [4.78, 5) is 4.87. The zero-order chi connectivity index (χ0) is 18.2. The summed E-state index contributed by atoms with van der Waals surface area (Å²) >= 11 is 0. The summed E-state index contributed by atoms with van der Waals surface area (Å²) in [6, 6.07) is 14.8. The molecular weight excluding hydrogens is 326 g/mol. The summed E-state index contributed by atoms with van der Waals surface area (Å²) < 4.78 is 5.75. The summed E-state index contributed by atoms with van der Waals surface area (Å²) in [7, 11) is 0. The Hall–Kier alpha value is -3.20. The molecule has 0 unspecified atom stereocenters. The largest absolute Gasteiger partial charge is 0.494 e. The number of ether oxygens (including phenoxy) is 1. The average Bonchev–Trinajstić information content (AvgIpc) is 3.18. The molecule has 0 aliphatic rings. The van der Waals surface area contributed by atoms with Crippen LogP contribution in [-0.2, 0) is 0 Å². The fourth-order valence-corrected chi connectivity index (χ4v) is 2.52. The van der Waals surface area contributed by atoms with Crippen molar-refractivity contribution >= 4 is 5.69 Å². The first-order valence-electron chi connectivity index (χ1n) is 8.81. The van der Waals surface area contributed by atoms with Gasteiger partial charge in [0.1, 0.15) is 5.75 Å². The van der Waals surface area contributed by atoms with Gasteiger partial charge in [0.15, 0.2) is 5.69 Å². The molecule has 0 N–H and O–H groups in total. The van der Waals surface area contributed by atoms with Gasteiger partial charge >= 0.3 is 0 Å². The maximum Gasteiger partial charge on any atom is 0.205 e. The maximum atomic E-state index is 6.99. The molecule has 1 aromatic heterocycles. The summed E-state index contributed by atoms with van der Waals surface area (Å²) in [5.74, 6) is 1.37. The van der Waals surface area contributed by atoms with Crippen molar-refractivity contribution in [1.29, 1.82) is 0 Å². The van der Waals surface area contributed by atoms with E-state index in [4.69, 9.17) is 11.3 Å². The lowest BCUT2D eigenvalue weighted by molar-refractivity contribution is 0.305. The molecule has 6 heteroatoms. The van der Waals surface area contributed by atoms with Gasteiger partial charge in [-0.3, -0.25) is 0 Å². The van der Waals surface area contributed by atoms with Crippen molar-refractivity contribution in [2.75, 3.05) is 6.61 Å². The van der Waals surface area contributed by atoms with Crippen LogP contribution in [0, 0.1) is 6.57 Å². The summed E-state index contributed by atoms with van der Waals surface area (Å²) in [5.41, 5.74) is 2.24. The molecule has 132 valence electrons. The van der Waals surface area contributed by atoms with E-state index in [0.29, 0.717) is 11.5 Å². The monoisotopic (exact) mass is 347 g/mol. The van der Waals surface area contributed by atoms with E-state index in [1.165, 1.54) is 24.1 Å². The topological polar surface area (TPSA) is 57.2 Å². The molecule has 6 nitrogen and oxygen atoms in total. The molecule has 0 fully saturated rings. The van der Waals surface area contributed by atoms with Crippen molar-refractivity contribution in [1.82, 2.24) is 20.2 Å². The van der Waals surface area contributed by atoms with E-state index in [1.54, 1.807) is 12.1 Å². The highest BCUT2D eigenvalue weighted by Gasteiger charge is 2.07. The molecule has 0 radical (unpaired) electrons. The zero-order valence-electron chi connectivity index (χ0n) is 14.8. The summed E-state index contributed by atoms with van der Waals surface area (Å²) in [5, 5.41) is 12.6. The lowest BCUT2D eigenvalue weighted by Crippen LogP contribution is -2.00. The van der Waals surface area contributed by atoms with Crippen molar-refractivity contribution < 1.29 is 4.74 Å². The highest BCUT2D eigenvalue weighted by Crippen LogP contribution is 2.20. The van der Waals surface area contributed by atoms with Gasteiger partial charge in [-0.25, -0.2) is 4.85 Å². The third-order valence-corrected chi connectivity index (χ3v) is 4.00. The number of tetrazole rings is 1. The third kappa shape index (κ3) is 4.45. The van der Waals surface area contributed by atoms with Crippen molar-refractivity contribution in [2.45, 2.75) is 32.6 Å². The first-order chi connectivity index (χ1) is 12.8. The fourth-order valence-electron chi connectivity index (χ4n) is 2.52. The van der Waals surface area contributed by atoms with E-state index >= 15 is 0 Å². The van der Waals surface area contributed by atoms with Gasteiger partial charge in [0, 0.05) is 5.56 Å². The minimum atomic E-state index is 0.526. The van der Waals surface area contributed by atoms with Crippen LogP contribution in [0.5, 0.6) is 5.75 Å². The van der Waals surface area contributed by atoms with Crippen LogP contribution in [0.15, 0.2) is 48.5 Å². The molecule has 3 rings (SSSR count). The quantitative estimate of drug-likeness (QED) is 0.432. The second-order valence-electron chi connectivity index (χ2n) is 5.96. The first-order valence-corrected chi connectivity index (χ1v) is 8.81. The van der Waals surface area contributed by atoms with Crippen LogP contribution < -0.4 is 4.74 Å². The molecule has 0 aliphatic heterocycles. The molecule has 1 heterocycles. The van der Waals surface area contributed by atoms with Crippen molar-refractivity contribution in [2.24, 2.45) is 0 Å². The standard InChI is InChI=1S/C20H21N5O/c1-3-4-5-6-15-26-19-13-11-18(12-14-19)25-23-20(22-24-25)16-7-9-17(21-2)10-8-16/h7-14H,3-6,15H2,1H3. The fraction of sp³-hybridized carbons (Fsp3) is 0.300. The zero-order valence-corrected chi connectivity index (χ0v) is 14.8. The average molecular weight is 347 g/mol. The Balaban J connectivity index is 1.62. The molecule has 0 aliphatic carbocycles. The minimum Gasteiger partial charge on any atom is -0.494 e. The lowest BCUT2D eigenvalue weighted by Gasteiger charge is -2.06. The van der Waals surface area contributed by atoms with E-state index in [2.05, 4.69) is 27.2 Å². The van der Waals surface area contributed by atoms with Gasteiger partial charge in [-0.05, 0) is 35.9 Å². The van der Waals surface area contributed by atoms with Gasteiger partial charge in [-0.15, -0.1) is 15.0 Å². The van der Waals surface area contributed by atoms with Crippen molar-refractivity contribution in [3.05, 3.63) is 59.9 Å². The van der Waals surface area contributed by atoms with Gasteiger partial charge in [0.25, 0.3) is 0 Å². The Morgan fingerprint density at radius 1 is 1.00 bits per heavy atom. The normalized spacial score (nSPS) is 10.5. The number of benzene rings is 2. The molecule has 0 saturated carbocycles. The number of unbranched alkanes of at least 4 members (excludes halogenated alkanes) is 3. The molecule has 26 heavy (non-hydrogen) atoms. The molecular formula is C20H21N5O. The first kappa shape index (κ1) is 17.6. The number of aromatic nitrogens is 4. The summed E-state index contributed by atoms with van der Waals surface area (Å²) in [6.45, 7) is 9.93. The molecule has 0 atom stereocenters. The SMILES string of the molecule is [C-]#[N+]c1ccc(-c2nnn(-c3ccc(OCCCCCC)cc3)n2)cc1. The Labute approximate surface area is 153 Å². The number of rotatable bonds is 8. The van der Waals surface area contributed by atoms with Crippen molar-refractivity contribution in [3.63, 3.8) is 0 Å². The van der Waals surface area contributed by atoms with Crippen molar-refractivity contribution in [3.8, 4) is 22.8 Å². The molecule has 0 bridgehead atoms. The van der Waals surface area contributed by atoms with E-state index < -0.39 is 0 Å². The van der Waals surface area contributed by atoms with E-state index in [9.17, 15) is 0 Å². The Morgan fingerprint density at radius 3 is 2.46 bits per heavy atom. The van der Waals surface area contributed by atoms with E-state index in [1.807, 2.05) is 36.4 Å². The van der Waals surface area contributed by atoms with Gasteiger partial charge in [0.2, 0.25) is 5.82 Å². The Morgan fingerprint density at radius 2 is 1.77 bits per heavy atom. The molecule has 0 saturated heterocycles. The number of hydrogen-bond donors (Lipinski definition) is 0. The number of nitrogens with zero attached hydrogens (tertiary/aromatic N) is 5. The van der Waals surface area contributed by atoms with Crippen LogP contribution in [0.25, 0.3) is 21.9 Å². The second-order valence-corrected chi connectivity index (χ2v) is 5.96. The van der Waals surface area contributed by atoms with Crippen LogP contribution >= 0.6 is 0 Å². The van der Waals surface area contributed by atoms with Crippen LogP contribution in [0.4, 0.5) is 5.69 Å². The maximum absolute atomic E-state index is 6.99. The summed E-state index contributed by atoms with van der Waals surface area (Å²) in [6.07, 6.45) is 4.77. The lowest BCUT2D eigenvalue weighted by atomic mass is 10.2. The predicted octanol–water partition coefficient (Wildman–Crippen LogP) is 4.84. The Kier molecular flexibility index (Phi) is 5.94. The van der Waals surface area contributed by atoms with Crippen LogP contribution in [0.2, 0.25) is 0 Å². The van der Waals surface area contributed by atoms with E-state index in [0.717, 1.165) is 30.0 Å². The predicted molar refractivity (Wildman–Crippen MR) is 100 cm³/mol. The molecule has 0 amide bonds. The van der Waals surface area contributed by atoms with Crippen LogP contribution in [0.1, 0.15) is 32.6 Å².